The normalized spacial score (nSPS) is 18.2. The molecule has 1 fully saturated rings. The number of aromatic nitrogens is 1. The molecule has 114 valence electrons. The molecule has 0 spiro atoms. The monoisotopic (exact) mass is 312 g/mol. The molecule has 1 aromatic rings. The van der Waals surface area contributed by atoms with Gasteiger partial charge in [0.1, 0.15) is 5.54 Å². The maximum Gasteiger partial charge on any atom is 0.407 e. The summed E-state index contributed by atoms with van der Waals surface area (Å²) in [6.45, 7) is 1.77. The smallest absolute Gasteiger partial charge is 0.390 e. The Morgan fingerprint density at radius 2 is 2.05 bits per heavy atom. The first-order chi connectivity index (χ1) is 9.15. The van der Waals surface area contributed by atoms with Gasteiger partial charge in [-0.25, -0.2) is 8.42 Å². The van der Waals surface area contributed by atoms with Crippen molar-refractivity contribution in [2.45, 2.75) is 49.5 Å². The third kappa shape index (κ3) is 2.57. The predicted molar refractivity (Wildman–Crippen MR) is 64.4 cm³/mol. The lowest BCUT2D eigenvalue weighted by Crippen LogP contribution is -2.47. The summed E-state index contributed by atoms with van der Waals surface area (Å²) in [5, 5.41) is 9.09. The van der Waals surface area contributed by atoms with E-state index in [4.69, 9.17) is 5.11 Å². The zero-order chi connectivity index (χ0) is 15.2. The molecule has 0 aliphatic heterocycles. The minimum Gasteiger partial charge on any atom is -0.390 e. The summed E-state index contributed by atoms with van der Waals surface area (Å²) in [4.78, 5) is -0.265. The van der Waals surface area contributed by atoms with Crippen molar-refractivity contribution in [1.82, 2.24) is 9.29 Å². The molecular formula is C11H15F3N2O3S. The Hall–Kier alpha value is -1.06. The van der Waals surface area contributed by atoms with E-state index < -0.39 is 21.7 Å². The van der Waals surface area contributed by atoms with Crippen LogP contribution in [0.4, 0.5) is 13.2 Å². The lowest BCUT2D eigenvalue weighted by Gasteiger charge is -2.20. The summed E-state index contributed by atoms with van der Waals surface area (Å²) in [7, 11) is -4.26. The van der Waals surface area contributed by atoms with E-state index in [2.05, 4.69) is 0 Å². The summed E-state index contributed by atoms with van der Waals surface area (Å²) in [6, 6.07) is 1.18. The molecule has 0 aromatic carbocycles. The molecule has 1 aliphatic rings. The molecule has 2 rings (SSSR count). The van der Waals surface area contributed by atoms with Gasteiger partial charge in [0.15, 0.2) is 0 Å². The Morgan fingerprint density at radius 3 is 2.40 bits per heavy atom. The highest BCUT2D eigenvalue weighted by molar-refractivity contribution is 7.89. The number of hydrogen-bond donors (Lipinski definition) is 2. The van der Waals surface area contributed by atoms with E-state index in [1.807, 2.05) is 0 Å². The fourth-order valence-electron chi connectivity index (χ4n) is 1.98. The average molecular weight is 312 g/mol. The molecule has 1 heterocycles. The van der Waals surface area contributed by atoms with E-state index in [-0.39, 0.29) is 24.3 Å². The summed E-state index contributed by atoms with van der Waals surface area (Å²) in [6.07, 6.45) is -3.89. The second-order valence-corrected chi connectivity index (χ2v) is 6.48. The number of rotatable bonds is 5. The molecule has 0 bridgehead atoms. The van der Waals surface area contributed by atoms with Crippen LogP contribution in [0.15, 0.2) is 17.2 Å². The largest absolute Gasteiger partial charge is 0.407 e. The van der Waals surface area contributed by atoms with Gasteiger partial charge in [-0.2, -0.15) is 17.9 Å². The van der Waals surface area contributed by atoms with Crippen LogP contribution in [0.25, 0.3) is 0 Å². The molecule has 1 aromatic heterocycles. The Kier molecular flexibility index (Phi) is 3.64. The van der Waals surface area contributed by atoms with Crippen molar-refractivity contribution in [2.24, 2.45) is 0 Å². The van der Waals surface area contributed by atoms with E-state index >= 15 is 0 Å². The van der Waals surface area contributed by atoms with Gasteiger partial charge < -0.3 is 9.67 Å². The third-order valence-corrected chi connectivity index (χ3v) is 4.90. The van der Waals surface area contributed by atoms with Crippen LogP contribution in [0.5, 0.6) is 0 Å². The Morgan fingerprint density at radius 1 is 1.45 bits per heavy atom. The number of aliphatic hydroxyl groups excluding tert-OH is 1. The van der Waals surface area contributed by atoms with E-state index in [0.717, 1.165) is 0 Å². The SMILES string of the molecule is CCn1cc(S(=O)(=O)NC2(C(F)(F)F)CC2)cc1CO. The highest BCUT2D eigenvalue weighted by Crippen LogP contribution is 2.49. The highest BCUT2D eigenvalue weighted by Gasteiger charge is 2.65. The topological polar surface area (TPSA) is 71.3 Å². The Balaban J connectivity index is 2.30. The molecule has 5 nitrogen and oxygen atoms in total. The molecule has 0 radical (unpaired) electrons. The van der Waals surface area contributed by atoms with Crippen LogP contribution < -0.4 is 4.72 Å². The Bertz CT molecular complexity index is 581. The fraction of sp³-hybridized carbons (Fsp3) is 0.636. The van der Waals surface area contributed by atoms with Gasteiger partial charge in [-0.1, -0.05) is 0 Å². The standard InChI is InChI=1S/C11H15F3N2O3S/c1-2-16-6-9(5-8(16)7-17)20(18,19)15-10(3-4-10)11(12,13)14/h5-6,15,17H,2-4,7H2,1H3. The van der Waals surface area contributed by atoms with Gasteiger partial charge in [0.25, 0.3) is 0 Å². The van der Waals surface area contributed by atoms with Crippen LogP contribution in [0.2, 0.25) is 0 Å². The first-order valence-electron chi connectivity index (χ1n) is 6.06. The lowest BCUT2D eigenvalue weighted by molar-refractivity contribution is -0.160. The highest BCUT2D eigenvalue weighted by atomic mass is 32.2. The zero-order valence-electron chi connectivity index (χ0n) is 10.7. The Labute approximate surface area is 114 Å². The second-order valence-electron chi connectivity index (χ2n) is 4.80. The molecule has 20 heavy (non-hydrogen) atoms. The second kappa shape index (κ2) is 4.74. The van der Waals surface area contributed by atoms with Gasteiger partial charge in [-0.15, -0.1) is 0 Å². The summed E-state index contributed by atoms with van der Waals surface area (Å²) in [5.74, 6) is 0. The van der Waals surface area contributed by atoms with Gasteiger partial charge in [0, 0.05) is 18.4 Å². The van der Waals surface area contributed by atoms with Crippen LogP contribution in [0, 0.1) is 0 Å². The fourth-order valence-corrected chi connectivity index (χ4v) is 3.49. The minimum atomic E-state index is -4.60. The van der Waals surface area contributed by atoms with Crippen LogP contribution in [-0.4, -0.2) is 29.8 Å². The molecule has 1 saturated carbocycles. The summed E-state index contributed by atoms with van der Waals surface area (Å²) in [5.41, 5.74) is -2.00. The van der Waals surface area contributed by atoms with Crippen molar-refractivity contribution < 1.29 is 26.7 Å². The first-order valence-corrected chi connectivity index (χ1v) is 7.54. The maximum atomic E-state index is 12.8. The summed E-state index contributed by atoms with van der Waals surface area (Å²) >= 11 is 0. The summed E-state index contributed by atoms with van der Waals surface area (Å²) < 4.78 is 65.6. The van der Waals surface area contributed by atoms with E-state index in [9.17, 15) is 21.6 Å². The minimum absolute atomic E-state index is 0.253. The van der Waals surface area contributed by atoms with Crippen molar-refractivity contribution in [3.63, 3.8) is 0 Å². The van der Waals surface area contributed by atoms with Crippen LogP contribution >= 0.6 is 0 Å². The van der Waals surface area contributed by atoms with Crippen molar-refractivity contribution in [2.75, 3.05) is 0 Å². The molecule has 0 atom stereocenters. The number of nitrogens with zero attached hydrogens (tertiary/aromatic N) is 1. The van der Waals surface area contributed by atoms with Crippen LogP contribution in [0.3, 0.4) is 0 Å². The first kappa shape index (κ1) is 15.3. The van der Waals surface area contributed by atoms with Crippen molar-refractivity contribution in [1.29, 1.82) is 0 Å². The molecule has 1 aliphatic carbocycles. The van der Waals surface area contributed by atoms with Gasteiger partial charge in [0.2, 0.25) is 10.0 Å². The molecule has 0 unspecified atom stereocenters. The van der Waals surface area contributed by atoms with Gasteiger partial charge in [-0.05, 0) is 25.8 Å². The van der Waals surface area contributed by atoms with Crippen molar-refractivity contribution in [3.05, 3.63) is 18.0 Å². The van der Waals surface area contributed by atoms with Crippen LogP contribution in [0.1, 0.15) is 25.5 Å². The number of aliphatic hydroxyl groups is 1. The van der Waals surface area contributed by atoms with Gasteiger partial charge in [0.05, 0.1) is 11.5 Å². The number of alkyl halides is 3. The molecule has 0 saturated heterocycles. The molecule has 9 heteroatoms. The van der Waals surface area contributed by atoms with Gasteiger partial charge in [-0.3, -0.25) is 0 Å². The molecular weight excluding hydrogens is 297 g/mol. The lowest BCUT2D eigenvalue weighted by atomic mass is 10.3. The number of aryl methyl sites for hydroxylation is 1. The zero-order valence-corrected chi connectivity index (χ0v) is 11.6. The number of nitrogens with one attached hydrogen (secondary N) is 1. The number of hydrogen-bond acceptors (Lipinski definition) is 3. The maximum absolute atomic E-state index is 12.8. The van der Waals surface area contributed by atoms with E-state index in [1.165, 1.54) is 16.8 Å². The van der Waals surface area contributed by atoms with Crippen molar-refractivity contribution in [3.8, 4) is 0 Å². The number of sulfonamides is 1. The van der Waals surface area contributed by atoms with Gasteiger partial charge >= 0.3 is 6.18 Å². The number of halogens is 3. The predicted octanol–water partition coefficient (Wildman–Crippen LogP) is 1.37. The molecule has 0 amide bonds. The van der Waals surface area contributed by atoms with E-state index in [0.29, 0.717) is 12.2 Å². The van der Waals surface area contributed by atoms with Crippen molar-refractivity contribution >= 4 is 10.0 Å². The van der Waals surface area contributed by atoms with Crippen LogP contribution in [-0.2, 0) is 23.2 Å². The third-order valence-electron chi connectivity index (χ3n) is 3.40. The van der Waals surface area contributed by atoms with E-state index in [1.54, 1.807) is 11.6 Å². The molecule has 2 N–H and O–H groups in total. The average Bonchev–Trinajstić information content (AvgIpc) is 2.99. The quantitative estimate of drug-likeness (QED) is 0.863.